The van der Waals surface area contributed by atoms with E-state index >= 15 is 0 Å². The van der Waals surface area contributed by atoms with E-state index in [-0.39, 0.29) is 18.0 Å². The number of rotatable bonds is 3. The number of carbonyl (C=O) groups is 1. The van der Waals surface area contributed by atoms with Crippen LogP contribution in [0.5, 0.6) is 0 Å². The summed E-state index contributed by atoms with van der Waals surface area (Å²) < 4.78 is 13.0. The lowest BCUT2D eigenvalue weighted by Crippen LogP contribution is -2.07. The first kappa shape index (κ1) is 13.8. The fourth-order valence-electron chi connectivity index (χ4n) is 2.04. The molecule has 0 aliphatic rings. The first-order valence-electron chi connectivity index (χ1n) is 6.02. The minimum absolute atomic E-state index is 0.00490. The molecule has 0 atom stereocenters. The molecule has 98 valence electrons. The molecule has 3 heteroatoms. The number of ketones is 1. The summed E-state index contributed by atoms with van der Waals surface area (Å²) in [7, 11) is 0. The van der Waals surface area contributed by atoms with Crippen molar-refractivity contribution in [2.24, 2.45) is 0 Å². The molecule has 0 amide bonds. The van der Waals surface area contributed by atoms with E-state index in [0.29, 0.717) is 10.6 Å². The minimum atomic E-state index is -0.285. The third-order valence-electron chi connectivity index (χ3n) is 3.22. The van der Waals surface area contributed by atoms with Gasteiger partial charge in [-0.3, -0.25) is 4.79 Å². The van der Waals surface area contributed by atoms with Gasteiger partial charge in [0.15, 0.2) is 5.78 Å². The van der Waals surface area contributed by atoms with E-state index in [4.69, 9.17) is 11.6 Å². The maximum Gasteiger partial charge on any atom is 0.167 e. The number of hydrogen-bond acceptors (Lipinski definition) is 1. The van der Waals surface area contributed by atoms with Crippen LogP contribution < -0.4 is 0 Å². The molecule has 0 aliphatic carbocycles. The van der Waals surface area contributed by atoms with Gasteiger partial charge in [-0.25, -0.2) is 4.39 Å². The van der Waals surface area contributed by atoms with Crippen molar-refractivity contribution < 1.29 is 9.18 Å². The fourth-order valence-corrected chi connectivity index (χ4v) is 2.21. The number of benzene rings is 2. The van der Waals surface area contributed by atoms with Crippen LogP contribution in [0.2, 0.25) is 5.02 Å². The third kappa shape index (κ3) is 3.02. The Morgan fingerprint density at radius 2 is 1.95 bits per heavy atom. The first-order valence-corrected chi connectivity index (χ1v) is 6.40. The predicted octanol–water partition coefficient (Wildman–Crippen LogP) is 4.52. The maximum absolute atomic E-state index is 13.0. The van der Waals surface area contributed by atoms with Gasteiger partial charge < -0.3 is 0 Å². The summed E-state index contributed by atoms with van der Waals surface area (Å²) in [6.45, 7) is 3.63. The highest BCUT2D eigenvalue weighted by Gasteiger charge is 2.13. The van der Waals surface area contributed by atoms with Crippen LogP contribution in [0.15, 0.2) is 36.4 Å². The molecule has 1 nitrogen and oxygen atoms in total. The Kier molecular flexibility index (Phi) is 4.01. The van der Waals surface area contributed by atoms with Crippen molar-refractivity contribution in [3.63, 3.8) is 0 Å². The Balaban J connectivity index is 2.28. The molecule has 0 saturated heterocycles. The van der Waals surface area contributed by atoms with Crippen LogP contribution in [-0.2, 0) is 6.42 Å². The quantitative estimate of drug-likeness (QED) is 0.753. The molecule has 0 N–H and O–H groups in total. The molecule has 2 aromatic carbocycles. The van der Waals surface area contributed by atoms with Crippen molar-refractivity contribution in [1.29, 1.82) is 0 Å². The summed E-state index contributed by atoms with van der Waals surface area (Å²) in [5.74, 6) is -0.289. The van der Waals surface area contributed by atoms with Crippen molar-refractivity contribution in [3.05, 3.63) is 69.5 Å². The van der Waals surface area contributed by atoms with Crippen LogP contribution in [0.1, 0.15) is 27.0 Å². The molecule has 0 aliphatic heterocycles. The van der Waals surface area contributed by atoms with Gasteiger partial charge in [0.25, 0.3) is 0 Å². The van der Waals surface area contributed by atoms with Gasteiger partial charge in [0.05, 0.1) is 0 Å². The van der Waals surface area contributed by atoms with Gasteiger partial charge in [-0.15, -0.1) is 0 Å². The summed E-state index contributed by atoms with van der Waals surface area (Å²) in [5, 5.41) is 0.585. The number of carbonyl (C=O) groups excluding carboxylic acids is 1. The lowest BCUT2D eigenvalue weighted by molar-refractivity contribution is 0.0992. The summed E-state index contributed by atoms with van der Waals surface area (Å²) in [4.78, 5) is 12.3. The zero-order valence-corrected chi connectivity index (χ0v) is 11.6. The normalized spacial score (nSPS) is 10.5. The molecule has 2 aromatic rings. The highest BCUT2D eigenvalue weighted by Crippen LogP contribution is 2.21. The second-order valence-corrected chi connectivity index (χ2v) is 4.99. The molecular formula is C16H14ClFO. The molecule has 2 rings (SSSR count). The summed E-state index contributed by atoms with van der Waals surface area (Å²) in [6, 6.07) is 9.76. The highest BCUT2D eigenvalue weighted by molar-refractivity contribution is 6.31. The molecule has 0 aromatic heterocycles. The number of hydrogen-bond donors (Lipinski definition) is 0. The van der Waals surface area contributed by atoms with E-state index in [9.17, 15) is 9.18 Å². The van der Waals surface area contributed by atoms with Crippen LogP contribution in [0.25, 0.3) is 0 Å². The van der Waals surface area contributed by atoms with Crippen molar-refractivity contribution >= 4 is 17.4 Å². The van der Waals surface area contributed by atoms with E-state index in [1.54, 1.807) is 31.2 Å². The molecule has 0 saturated carbocycles. The van der Waals surface area contributed by atoms with Gasteiger partial charge in [-0.2, -0.15) is 0 Å². The molecule has 0 heterocycles. The molecule has 19 heavy (non-hydrogen) atoms. The Morgan fingerprint density at radius 3 is 2.63 bits per heavy atom. The molecule has 0 fully saturated rings. The fraction of sp³-hybridized carbons (Fsp3) is 0.188. The van der Waals surface area contributed by atoms with Gasteiger partial charge in [0.1, 0.15) is 5.82 Å². The molecular weight excluding hydrogens is 263 g/mol. The highest BCUT2D eigenvalue weighted by atomic mass is 35.5. The first-order chi connectivity index (χ1) is 8.99. The predicted molar refractivity (Wildman–Crippen MR) is 75.4 cm³/mol. The number of halogens is 2. The number of aryl methyl sites for hydroxylation is 1. The second-order valence-electron chi connectivity index (χ2n) is 4.58. The van der Waals surface area contributed by atoms with Crippen LogP contribution in [0.4, 0.5) is 4.39 Å². The van der Waals surface area contributed by atoms with Crippen LogP contribution in [0, 0.1) is 19.7 Å². The third-order valence-corrected chi connectivity index (χ3v) is 3.63. The second kappa shape index (κ2) is 5.54. The minimum Gasteiger partial charge on any atom is -0.294 e. The van der Waals surface area contributed by atoms with Gasteiger partial charge in [0.2, 0.25) is 0 Å². The zero-order valence-electron chi connectivity index (χ0n) is 10.8. The van der Waals surface area contributed by atoms with Crippen LogP contribution in [-0.4, -0.2) is 5.78 Å². The Labute approximate surface area is 117 Å². The Morgan fingerprint density at radius 1 is 1.21 bits per heavy atom. The van der Waals surface area contributed by atoms with E-state index < -0.39 is 0 Å². The van der Waals surface area contributed by atoms with Crippen molar-refractivity contribution in [3.8, 4) is 0 Å². The van der Waals surface area contributed by atoms with E-state index in [2.05, 4.69) is 0 Å². The van der Waals surface area contributed by atoms with Gasteiger partial charge >= 0.3 is 0 Å². The van der Waals surface area contributed by atoms with Crippen molar-refractivity contribution in [1.82, 2.24) is 0 Å². The standard InChI is InChI=1S/C16H14ClFO/c1-10-8-13(18)7-6-12(10)9-16(19)14-4-3-5-15(17)11(14)2/h3-8H,9H2,1-2H3. The molecule has 0 unspecified atom stereocenters. The molecule has 0 spiro atoms. The summed E-state index contributed by atoms with van der Waals surface area (Å²) in [6.07, 6.45) is 0.257. The average molecular weight is 277 g/mol. The van der Waals surface area contributed by atoms with Crippen LogP contribution >= 0.6 is 11.6 Å². The van der Waals surface area contributed by atoms with Crippen LogP contribution in [0.3, 0.4) is 0 Å². The summed E-state index contributed by atoms with van der Waals surface area (Å²) >= 11 is 6.01. The van der Waals surface area contributed by atoms with E-state index in [1.807, 2.05) is 6.92 Å². The number of Topliss-reactive ketones (excluding diaryl/α,β-unsaturated/α-hetero) is 1. The van der Waals surface area contributed by atoms with E-state index in [1.165, 1.54) is 12.1 Å². The van der Waals surface area contributed by atoms with Crippen molar-refractivity contribution in [2.75, 3.05) is 0 Å². The smallest absolute Gasteiger partial charge is 0.167 e. The van der Waals surface area contributed by atoms with Gasteiger partial charge in [-0.1, -0.05) is 29.8 Å². The summed E-state index contributed by atoms with van der Waals surface area (Å²) in [5.41, 5.74) is 3.03. The van der Waals surface area contributed by atoms with Crippen molar-refractivity contribution in [2.45, 2.75) is 20.3 Å². The Hall–Kier alpha value is -1.67. The lowest BCUT2D eigenvalue weighted by Gasteiger charge is -2.08. The topological polar surface area (TPSA) is 17.1 Å². The average Bonchev–Trinajstić information content (AvgIpc) is 2.36. The lowest BCUT2D eigenvalue weighted by atomic mass is 9.97. The zero-order chi connectivity index (χ0) is 14.0. The van der Waals surface area contributed by atoms with E-state index in [0.717, 1.165) is 16.7 Å². The molecule has 0 bridgehead atoms. The maximum atomic E-state index is 13.0. The molecule has 0 radical (unpaired) electrons. The van der Waals surface area contributed by atoms with Gasteiger partial charge in [-0.05, 0) is 48.7 Å². The Bertz CT molecular complexity index is 635. The largest absolute Gasteiger partial charge is 0.294 e. The SMILES string of the molecule is Cc1cc(F)ccc1CC(=O)c1cccc(Cl)c1C. The van der Waals surface area contributed by atoms with Gasteiger partial charge in [0, 0.05) is 17.0 Å². The monoisotopic (exact) mass is 276 g/mol.